The van der Waals surface area contributed by atoms with Gasteiger partial charge in [-0.25, -0.2) is 0 Å². The fraction of sp³-hybridized carbons (Fsp3) is 0.300. The Balaban J connectivity index is 2.98. The average Bonchev–Trinajstić information content (AvgIpc) is 2.08. The standard InChI is InChI=1S/C10H11BrO2/c1-7(12)8-3-4-9(6-13-2)10(11)5-8/h3-5H,6H2,1-2H3. The fourth-order valence-corrected chi connectivity index (χ4v) is 1.53. The zero-order chi connectivity index (χ0) is 9.84. The van der Waals surface area contributed by atoms with Crippen LogP contribution < -0.4 is 0 Å². The lowest BCUT2D eigenvalue weighted by Crippen LogP contribution is -1.95. The van der Waals surface area contributed by atoms with Gasteiger partial charge in [0.2, 0.25) is 0 Å². The van der Waals surface area contributed by atoms with Gasteiger partial charge in [0, 0.05) is 17.1 Å². The van der Waals surface area contributed by atoms with Gasteiger partial charge in [-0.2, -0.15) is 0 Å². The first kappa shape index (κ1) is 10.4. The summed E-state index contributed by atoms with van der Waals surface area (Å²) in [6.45, 7) is 2.11. The predicted molar refractivity (Wildman–Crippen MR) is 54.9 cm³/mol. The lowest BCUT2D eigenvalue weighted by molar-refractivity contribution is 0.101. The summed E-state index contributed by atoms with van der Waals surface area (Å²) in [7, 11) is 1.64. The fourth-order valence-electron chi connectivity index (χ4n) is 1.04. The van der Waals surface area contributed by atoms with Crippen molar-refractivity contribution in [1.29, 1.82) is 0 Å². The van der Waals surface area contributed by atoms with Crippen molar-refractivity contribution < 1.29 is 9.53 Å². The molecular weight excluding hydrogens is 232 g/mol. The summed E-state index contributed by atoms with van der Waals surface area (Å²) >= 11 is 3.38. The second-order valence-electron chi connectivity index (χ2n) is 2.80. The van der Waals surface area contributed by atoms with Crippen LogP contribution in [0.1, 0.15) is 22.8 Å². The molecule has 0 saturated heterocycles. The van der Waals surface area contributed by atoms with E-state index in [0.717, 1.165) is 10.0 Å². The van der Waals surface area contributed by atoms with Crippen molar-refractivity contribution in [2.24, 2.45) is 0 Å². The first-order valence-corrected chi connectivity index (χ1v) is 4.72. The van der Waals surface area contributed by atoms with E-state index in [1.165, 1.54) is 0 Å². The largest absolute Gasteiger partial charge is 0.380 e. The van der Waals surface area contributed by atoms with Crippen LogP contribution in [-0.4, -0.2) is 12.9 Å². The third kappa shape index (κ3) is 2.64. The van der Waals surface area contributed by atoms with Crippen molar-refractivity contribution in [3.8, 4) is 0 Å². The van der Waals surface area contributed by atoms with E-state index >= 15 is 0 Å². The van der Waals surface area contributed by atoms with Crippen LogP contribution in [0.25, 0.3) is 0 Å². The van der Waals surface area contributed by atoms with Gasteiger partial charge >= 0.3 is 0 Å². The van der Waals surface area contributed by atoms with Crippen LogP contribution in [0.15, 0.2) is 22.7 Å². The van der Waals surface area contributed by atoms with Crippen LogP contribution >= 0.6 is 15.9 Å². The Morgan fingerprint density at radius 3 is 2.69 bits per heavy atom. The van der Waals surface area contributed by atoms with Crippen molar-refractivity contribution >= 4 is 21.7 Å². The second-order valence-corrected chi connectivity index (χ2v) is 3.65. The molecule has 0 heterocycles. The van der Waals surface area contributed by atoms with Crippen molar-refractivity contribution in [3.63, 3.8) is 0 Å². The molecule has 0 aliphatic heterocycles. The number of carbonyl (C=O) groups excluding carboxylic acids is 1. The van der Waals surface area contributed by atoms with Gasteiger partial charge in [0.1, 0.15) is 0 Å². The van der Waals surface area contributed by atoms with E-state index in [0.29, 0.717) is 12.2 Å². The Hall–Kier alpha value is -0.670. The molecule has 3 heteroatoms. The Kier molecular flexibility index (Phi) is 3.63. The summed E-state index contributed by atoms with van der Waals surface area (Å²) in [5, 5.41) is 0. The summed E-state index contributed by atoms with van der Waals surface area (Å²) in [6, 6.07) is 5.52. The van der Waals surface area contributed by atoms with Gasteiger partial charge < -0.3 is 4.74 Å². The normalized spacial score (nSPS) is 10.1. The molecule has 0 bridgehead atoms. The van der Waals surface area contributed by atoms with Crippen molar-refractivity contribution in [3.05, 3.63) is 33.8 Å². The SMILES string of the molecule is COCc1ccc(C(C)=O)cc1Br. The quantitative estimate of drug-likeness (QED) is 0.763. The zero-order valence-electron chi connectivity index (χ0n) is 7.63. The van der Waals surface area contributed by atoms with Gasteiger partial charge in [-0.1, -0.05) is 28.1 Å². The van der Waals surface area contributed by atoms with Gasteiger partial charge in [-0.3, -0.25) is 4.79 Å². The molecular formula is C10H11BrO2. The van der Waals surface area contributed by atoms with E-state index in [4.69, 9.17) is 4.74 Å². The topological polar surface area (TPSA) is 26.3 Å². The molecule has 0 amide bonds. The van der Waals surface area contributed by atoms with E-state index in [1.807, 2.05) is 12.1 Å². The third-order valence-electron chi connectivity index (χ3n) is 1.76. The van der Waals surface area contributed by atoms with E-state index < -0.39 is 0 Å². The molecule has 0 unspecified atom stereocenters. The summed E-state index contributed by atoms with van der Waals surface area (Å²) in [6.07, 6.45) is 0. The Morgan fingerprint density at radius 1 is 1.54 bits per heavy atom. The smallest absolute Gasteiger partial charge is 0.159 e. The summed E-state index contributed by atoms with van der Waals surface area (Å²) in [5.74, 6) is 0.0738. The molecule has 1 aromatic carbocycles. The number of ether oxygens (including phenoxy) is 1. The maximum Gasteiger partial charge on any atom is 0.159 e. The molecule has 0 fully saturated rings. The molecule has 0 aliphatic rings. The maximum absolute atomic E-state index is 11.0. The molecule has 1 rings (SSSR count). The maximum atomic E-state index is 11.0. The van der Waals surface area contributed by atoms with Gasteiger partial charge in [0.25, 0.3) is 0 Å². The molecule has 0 spiro atoms. The van der Waals surface area contributed by atoms with Gasteiger partial charge in [-0.05, 0) is 18.6 Å². The van der Waals surface area contributed by atoms with Gasteiger partial charge in [0.05, 0.1) is 6.61 Å². The van der Waals surface area contributed by atoms with Crippen LogP contribution in [0, 0.1) is 0 Å². The number of halogens is 1. The monoisotopic (exact) mass is 242 g/mol. The molecule has 2 nitrogen and oxygen atoms in total. The summed E-state index contributed by atoms with van der Waals surface area (Å²) in [5.41, 5.74) is 1.76. The number of hydrogen-bond donors (Lipinski definition) is 0. The highest BCUT2D eigenvalue weighted by Gasteiger charge is 2.03. The van der Waals surface area contributed by atoms with Crippen molar-refractivity contribution in [2.45, 2.75) is 13.5 Å². The Labute approximate surface area is 86.0 Å². The summed E-state index contributed by atoms with van der Waals surface area (Å²) in [4.78, 5) is 11.0. The molecule has 1 aromatic rings. The third-order valence-corrected chi connectivity index (χ3v) is 2.50. The zero-order valence-corrected chi connectivity index (χ0v) is 9.22. The molecule has 0 saturated carbocycles. The highest BCUT2D eigenvalue weighted by atomic mass is 79.9. The van der Waals surface area contributed by atoms with Gasteiger partial charge in [-0.15, -0.1) is 0 Å². The number of hydrogen-bond acceptors (Lipinski definition) is 2. The molecule has 70 valence electrons. The van der Waals surface area contributed by atoms with Crippen molar-refractivity contribution in [1.82, 2.24) is 0 Å². The lowest BCUT2D eigenvalue weighted by Gasteiger charge is -2.04. The van der Waals surface area contributed by atoms with E-state index in [9.17, 15) is 4.79 Å². The number of benzene rings is 1. The summed E-state index contributed by atoms with van der Waals surface area (Å²) < 4.78 is 5.91. The first-order valence-electron chi connectivity index (χ1n) is 3.93. The number of carbonyl (C=O) groups is 1. The van der Waals surface area contributed by atoms with Crippen LogP contribution in [0.2, 0.25) is 0 Å². The second kappa shape index (κ2) is 4.53. The van der Waals surface area contributed by atoms with E-state index in [2.05, 4.69) is 15.9 Å². The number of ketones is 1. The molecule has 0 atom stereocenters. The average molecular weight is 243 g/mol. The molecule has 0 aromatic heterocycles. The molecule has 13 heavy (non-hydrogen) atoms. The molecule has 0 radical (unpaired) electrons. The first-order chi connectivity index (χ1) is 6.15. The molecule has 0 N–H and O–H groups in total. The number of Topliss-reactive ketones (excluding diaryl/α,β-unsaturated/α-hetero) is 1. The number of methoxy groups -OCH3 is 1. The lowest BCUT2D eigenvalue weighted by atomic mass is 10.1. The van der Waals surface area contributed by atoms with Crippen LogP contribution in [-0.2, 0) is 11.3 Å². The van der Waals surface area contributed by atoms with Crippen LogP contribution in [0.5, 0.6) is 0 Å². The highest BCUT2D eigenvalue weighted by Crippen LogP contribution is 2.19. The van der Waals surface area contributed by atoms with Gasteiger partial charge in [0.15, 0.2) is 5.78 Å². The molecule has 0 aliphatic carbocycles. The van der Waals surface area contributed by atoms with Crippen molar-refractivity contribution in [2.75, 3.05) is 7.11 Å². The Bertz CT molecular complexity index is 321. The van der Waals surface area contributed by atoms with Crippen LogP contribution in [0.3, 0.4) is 0 Å². The predicted octanol–water partition coefficient (Wildman–Crippen LogP) is 2.80. The minimum Gasteiger partial charge on any atom is -0.380 e. The van der Waals surface area contributed by atoms with E-state index in [1.54, 1.807) is 20.1 Å². The number of rotatable bonds is 3. The van der Waals surface area contributed by atoms with Crippen LogP contribution in [0.4, 0.5) is 0 Å². The Morgan fingerprint density at radius 2 is 2.23 bits per heavy atom. The minimum absolute atomic E-state index is 0.0738. The highest BCUT2D eigenvalue weighted by molar-refractivity contribution is 9.10. The minimum atomic E-state index is 0.0738. The van der Waals surface area contributed by atoms with E-state index in [-0.39, 0.29) is 5.78 Å².